The Kier molecular flexibility index (Phi) is 2.58. The minimum atomic E-state index is 0.790. The molecule has 15 heavy (non-hydrogen) atoms. The van der Waals surface area contributed by atoms with E-state index in [1.54, 1.807) is 0 Å². The number of hydrogen-bond acceptors (Lipinski definition) is 1. The van der Waals surface area contributed by atoms with Crippen LogP contribution in [-0.4, -0.2) is 10.9 Å². The lowest BCUT2D eigenvalue weighted by atomic mass is 10.1. The molecule has 0 aliphatic carbocycles. The molecule has 0 bridgehead atoms. The second kappa shape index (κ2) is 3.89. The Morgan fingerprint density at radius 1 is 1.40 bits per heavy atom. The normalized spacial score (nSPS) is 10.8. The minimum absolute atomic E-state index is 0.790. The smallest absolute Gasteiger partial charge is 0.152 e. The lowest BCUT2D eigenvalue weighted by Gasteiger charge is -2.02. The van der Waals surface area contributed by atoms with E-state index in [1.165, 1.54) is 11.1 Å². The molecule has 2 heteroatoms. The van der Waals surface area contributed by atoms with Crippen molar-refractivity contribution in [1.82, 2.24) is 4.57 Å². The van der Waals surface area contributed by atoms with Crippen molar-refractivity contribution in [2.24, 2.45) is 0 Å². The monoisotopic (exact) mass is 201 g/mol. The van der Waals surface area contributed by atoms with Gasteiger partial charge in [0.25, 0.3) is 0 Å². The van der Waals surface area contributed by atoms with E-state index in [-0.39, 0.29) is 0 Å². The maximum absolute atomic E-state index is 10.9. The average molecular weight is 201 g/mol. The molecule has 0 atom stereocenters. The molecule has 0 amide bonds. The third kappa shape index (κ3) is 1.67. The van der Waals surface area contributed by atoms with Crippen molar-refractivity contribution >= 4 is 17.2 Å². The van der Waals surface area contributed by atoms with Gasteiger partial charge in [0.05, 0.1) is 0 Å². The number of aromatic nitrogens is 1. The largest absolute Gasteiger partial charge is 0.347 e. The second-order valence-electron chi connectivity index (χ2n) is 3.92. The molecule has 0 N–H and O–H groups in total. The zero-order chi connectivity index (χ0) is 10.8. The van der Waals surface area contributed by atoms with E-state index in [0.29, 0.717) is 0 Å². The Bertz CT molecular complexity index is 496. The highest BCUT2D eigenvalue weighted by atomic mass is 16.1. The second-order valence-corrected chi connectivity index (χ2v) is 3.92. The third-order valence-electron chi connectivity index (χ3n) is 2.66. The molecular formula is C13H15NO. The first-order valence-corrected chi connectivity index (χ1v) is 5.31. The fourth-order valence-electron chi connectivity index (χ4n) is 1.95. The summed E-state index contributed by atoms with van der Waals surface area (Å²) >= 11 is 0. The van der Waals surface area contributed by atoms with Gasteiger partial charge in [-0.2, -0.15) is 0 Å². The number of aldehydes is 1. The molecule has 0 fully saturated rings. The van der Waals surface area contributed by atoms with Crippen LogP contribution in [0.5, 0.6) is 0 Å². The van der Waals surface area contributed by atoms with E-state index in [2.05, 4.69) is 24.5 Å². The van der Waals surface area contributed by atoms with Crippen LogP contribution in [-0.2, 0) is 6.54 Å². The number of hydrogen-bond donors (Lipinski definition) is 0. The highest BCUT2D eigenvalue weighted by molar-refractivity contribution is 5.97. The molecule has 0 aliphatic heterocycles. The SMILES string of the molecule is CCCn1cc(C=O)c2ccc(C)cc21. The zero-order valence-electron chi connectivity index (χ0n) is 9.16. The zero-order valence-corrected chi connectivity index (χ0v) is 9.16. The Labute approximate surface area is 89.5 Å². The van der Waals surface area contributed by atoms with Gasteiger partial charge in [0.1, 0.15) is 0 Å². The first-order valence-electron chi connectivity index (χ1n) is 5.31. The summed E-state index contributed by atoms with van der Waals surface area (Å²) in [5, 5.41) is 1.06. The number of fused-ring (bicyclic) bond motifs is 1. The first-order chi connectivity index (χ1) is 7.26. The van der Waals surface area contributed by atoms with Crippen molar-refractivity contribution in [1.29, 1.82) is 0 Å². The topological polar surface area (TPSA) is 22.0 Å². The molecule has 78 valence electrons. The van der Waals surface area contributed by atoms with Gasteiger partial charge in [-0.15, -0.1) is 0 Å². The van der Waals surface area contributed by atoms with Crippen LogP contribution in [0.2, 0.25) is 0 Å². The summed E-state index contributed by atoms with van der Waals surface area (Å²) in [6, 6.07) is 6.21. The Morgan fingerprint density at radius 2 is 2.20 bits per heavy atom. The molecule has 1 aromatic heterocycles. The van der Waals surface area contributed by atoms with Crippen LogP contribution in [0.4, 0.5) is 0 Å². The number of aryl methyl sites for hydroxylation is 2. The summed E-state index contributed by atoms with van der Waals surface area (Å²) in [5.41, 5.74) is 3.19. The number of benzene rings is 1. The molecule has 0 saturated heterocycles. The quantitative estimate of drug-likeness (QED) is 0.699. The fourth-order valence-corrected chi connectivity index (χ4v) is 1.95. The van der Waals surface area contributed by atoms with Crippen molar-refractivity contribution in [3.63, 3.8) is 0 Å². The van der Waals surface area contributed by atoms with Gasteiger partial charge in [-0.05, 0) is 25.0 Å². The predicted molar refractivity (Wildman–Crippen MR) is 62.4 cm³/mol. The van der Waals surface area contributed by atoms with Gasteiger partial charge in [0.2, 0.25) is 0 Å². The standard InChI is InChI=1S/C13H15NO/c1-3-6-14-8-11(9-15)12-5-4-10(2)7-13(12)14/h4-5,7-9H,3,6H2,1-2H3. The van der Waals surface area contributed by atoms with Crippen LogP contribution in [0.15, 0.2) is 24.4 Å². The van der Waals surface area contributed by atoms with E-state index in [0.717, 1.165) is 30.2 Å². The summed E-state index contributed by atoms with van der Waals surface area (Å²) in [7, 11) is 0. The molecule has 2 aromatic rings. The van der Waals surface area contributed by atoms with Crippen molar-refractivity contribution in [3.05, 3.63) is 35.5 Å². The Morgan fingerprint density at radius 3 is 2.87 bits per heavy atom. The first kappa shape index (κ1) is 9.97. The maximum Gasteiger partial charge on any atom is 0.152 e. The molecule has 1 aromatic carbocycles. The van der Waals surface area contributed by atoms with Gasteiger partial charge in [0.15, 0.2) is 6.29 Å². The number of rotatable bonds is 3. The van der Waals surface area contributed by atoms with Gasteiger partial charge < -0.3 is 4.57 Å². The van der Waals surface area contributed by atoms with Gasteiger partial charge >= 0.3 is 0 Å². The highest BCUT2D eigenvalue weighted by Crippen LogP contribution is 2.21. The van der Waals surface area contributed by atoms with Crippen LogP contribution in [0.3, 0.4) is 0 Å². The van der Waals surface area contributed by atoms with Crippen LogP contribution in [0.25, 0.3) is 10.9 Å². The molecular weight excluding hydrogens is 186 g/mol. The predicted octanol–water partition coefficient (Wildman–Crippen LogP) is 3.17. The fraction of sp³-hybridized carbons (Fsp3) is 0.308. The molecule has 1 heterocycles. The van der Waals surface area contributed by atoms with Gasteiger partial charge in [-0.1, -0.05) is 19.1 Å². The Balaban J connectivity index is 2.69. The van der Waals surface area contributed by atoms with Gasteiger partial charge in [0, 0.05) is 29.2 Å². The molecule has 0 saturated carbocycles. The maximum atomic E-state index is 10.9. The molecule has 0 spiro atoms. The number of nitrogens with zero attached hydrogens (tertiary/aromatic N) is 1. The average Bonchev–Trinajstić information content (AvgIpc) is 2.57. The summed E-state index contributed by atoms with van der Waals surface area (Å²) < 4.78 is 2.16. The molecule has 2 rings (SSSR count). The summed E-state index contributed by atoms with van der Waals surface area (Å²) in [5.74, 6) is 0. The highest BCUT2D eigenvalue weighted by Gasteiger charge is 2.06. The van der Waals surface area contributed by atoms with Crippen molar-refractivity contribution in [3.8, 4) is 0 Å². The lowest BCUT2D eigenvalue weighted by molar-refractivity contribution is 0.112. The lowest BCUT2D eigenvalue weighted by Crippen LogP contribution is -1.93. The van der Waals surface area contributed by atoms with Crippen molar-refractivity contribution in [2.75, 3.05) is 0 Å². The van der Waals surface area contributed by atoms with E-state index in [4.69, 9.17) is 0 Å². The number of carbonyl (C=O) groups is 1. The Hall–Kier alpha value is -1.57. The van der Waals surface area contributed by atoms with Crippen LogP contribution in [0, 0.1) is 6.92 Å². The van der Waals surface area contributed by atoms with Gasteiger partial charge in [-0.3, -0.25) is 4.79 Å². The van der Waals surface area contributed by atoms with E-state index < -0.39 is 0 Å². The molecule has 0 aliphatic rings. The molecule has 0 unspecified atom stereocenters. The summed E-state index contributed by atoms with van der Waals surface area (Å²) in [4.78, 5) is 10.9. The summed E-state index contributed by atoms with van der Waals surface area (Å²) in [6.45, 7) is 5.18. The van der Waals surface area contributed by atoms with E-state index >= 15 is 0 Å². The van der Waals surface area contributed by atoms with Crippen LogP contribution >= 0.6 is 0 Å². The third-order valence-corrected chi connectivity index (χ3v) is 2.66. The summed E-state index contributed by atoms with van der Waals surface area (Å²) in [6.07, 6.45) is 3.96. The van der Waals surface area contributed by atoms with E-state index in [1.807, 2.05) is 18.3 Å². The molecule has 2 nitrogen and oxygen atoms in total. The number of carbonyl (C=O) groups excluding carboxylic acids is 1. The molecule has 0 radical (unpaired) electrons. The van der Waals surface area contributed by atoms with Crippen LogP contribution < -0.4 is 0 Å². The van der Waals surface area contributed by atoms with Crippen molar-refractivity contribution in [2.45, 2.75) is 26.8 Å². The van der Waals surface area contributed by atoms with Crippen molar-refractivity contribution < 1.29 is 4.79 Å². The van der Waals surface area contributed by atoms with Crippen LogP contribution in [0.1, 0.15) is 29.3 Å². The van der Waals surface area contributed by atoms with Gasteiger partial charge in [-0.25, -0.2) is 0 Å². The van der Waals surface area contributed by atoms with E-state index in [9.17, 15) is 4.79 Å². The minimum Gasteiger partial charge on any atom is -0.347 e.